The molecule has 4 nitrogen and oxygen atoms in total. The maximum atomic E-state index is 11.6. The fourth-order valence-corrected chi connectivity index (χ4v) is 3.16. The van der Waals surface area contributed by atoms with E-state index in [1.54, 1.807) is 12.1 Å². The van der Waals surface area contributed by atoms with Crippen LogP contribution in [0.15, 0.2) is 53.5 Å². The van der Waals surface area contributed by atoms with Gasteiger partial charge in [-0.3, -0.25) is 0 Å². The molecule has 3 rings (SSSR count). The number of hydrogen-bond donors (Lipinski definition) is 0. The number of hydrogen-bond acceptors (Lipinski definition) is 3. The van der Waals surface area contributed by atoms with Crippen LogP contribution in [0, 0.1) is 6.92 Å². The van der Waals surface area contributed by atoms with Gasteiger partial charge in [0.05, 0.1) is 22.0 Å². The quantitative estimate of drug-likeness (QED) is 0.872. The molecule has 0 saturated carbocycles. The van der Waals surface area contributed by atoms with E-state index >= 15 is 0 Å². The van der Waals surface area contributed by atoms with Crippen LogP contribution in [-0.2, 0) is 9.84 Å². The first-order valence-corrected chi connectivity index (χ1v) is 9.08. The summed E-state index contributed by atoms with van der Waals surface area (Å²) in [4.78, 5) is 0.329. The Labute approximate surface area is 130 Å². The fraction of sp³-hybridized carbons (Fsp3) is 0.235. The van der Waals surface area contributed by atoms with Crippen molar-refractivity contribution in [1.29, 1.82) is 0 Å². The molecule has 0 unspecified atom stereocenters. The Bertz CT molecular complexity index is 857. The summed E-state index contributed by atoms with van der Waals surface area (Å²) in [5, 5.41) is 4.56. The van der Waals surface area contributed by atoms with Crippen LogP contribution in [0.5, 0.6) is 0 Å². The van der Waals surface area contributed by atoms with Crippen LogP contribution in [0.3, 0.4) is 0 Å². The van der Waals surface area contributed by atoms with Crippen molar-refractivity contribution in [1.82, 2.24) is 9.78 Å². The molecule has 5 heteroatoms. The van der Waals surface area contributed by atoms with Crippen LogP contribution in [0.1, 0.15) is 18.5 Å². The van der Waals surface area contributed by atoms with E-state index in [1.165, 1.54) is 6.26 Å². The van der Waals surface area contributed by atoms with E-state index in [-0.39, 0.29) is 0 Å². The summed E-state index contributed by atoms with van der Waals surface area (Å²) in [6.45, 7) is 1.96. The lowest BCUT2D eigenvalue weighted by Gasteiger charge is -2.11. The molecule has 0 bridgehead atoms. The normalized spacial score (nSPS) is 14.9. The first kappa shape index (κ1) is 14.8. The zero-order valence-electron chi connectivity index (χ0n) is 12.7. The molecule has 0 N–H and O–H groups in total. The van der Waals surface area contributed by atoms with E-state index in [0.29, 0.717) is 4.90 Å². The van der Waals surface area contributed by atoms with Gasteiger partial charge in [-0.05, 0) is 44.0 Å². The number of rotatable bonds is 3. The van der Waals surface area contributed by atoms with Gasteiger partial charge in [-0.25, -0.2) is 13.1 Å². The zero-order valence-corrected chi connectivity index (χ0v) is 13.5. The molecule has 2 aromatic rings. The zero-order chi connectivity index (χ0) is 15.7. The Morgan fingerprint density at radius 1 is 1.14 bits per heavy atom. The fourth-order valence-electron chi connectivity index (χ4n) is 2.53. The maximum absolute atomic E-state index is 11.6. The Balaban J connectivity index is 2.05. The number of aryl methyl sites for hydroxylation is 1. The van der Waals surface area contributed by atoms with Crippen molar-refractivity contribution >= 4 is 15.5 Å². The minimum atomic E-state index is -3.17. The first-order valence-electron chi connectivity index (χ1n) is 7.19. The molecule has 114 valence electrons. The monoisotopic (exact) mass is 314 g/mol. The first-order chi connectivity index (χ1) is 10.4. The summed E-state index contributed by atoms with van der Waals surface area (Å²) in [7, 11) is -3.17. The van der Waals surface area contributed by atoms with Gasteiger partial charge in [-0.2, -0.15) is 5.10 Å². The molecule has 1 aromatic heterocycles. The summed E-state index contributed by atoms with van der Waals surface area (Å²) in [6.07, 6.45) is 9.67. The average Bonchev–Trinajstić information content (AvgIpc) is 2.89. The predicted molar refractivity (Wildman–Crippen MR) is 88.2 cm³/mol. The van der Waals surface area contributed by atoms with Crippen molar-refractivity contribution in [3.63, 3.8) is 0 Å². The van der Waals surface area contributed by atoms with Crippen LogP contribution in [0.4, 0.5) is 0 Å². The van der Waals surface area contributed by atoms with Gasteiger partial charge < -0.3 is 0 Å². The Morgan fingerprint density at radius 2 is 1.86 bits per heavy atom. The van der Waals surface area contributed by atoms with Crippen molar-refractivity contribution in [2.45, 2.75) is 24.7 Å². The highest BCUT2D eigenvalue weighted by Gasteiger charge is 2.13. The molecular weight excluding hydrogens is 296 g/mol. The summed E-state index contributed by atoms with van der Waals surface area (Å²) in [5.41, 5.74) is 3.91. The van der Waals surface area contributed by atoms with Gasteiger partial charge in [0.2, 0.25) is 0 Å². The van der Waals surface area contributed by atoms with Crippen molar-refractivity contribution in [2.24, 2.45) is 0 Å². The minimum absolute atomic E-state index is 0.329. The number of allylic oxidation sites excluding steroid dienone is 4. The Morgan fingerprint density at radius 3 is 2.45 bits per heavy atom. The van der Waals surface area contributed by atoms with E-state index in [1.807, 2.05) is 29.8 Å². The van der Waals surface area contributed by atoms with E-state index in [9.17, 15) is 8.42 Å². The third kappa shape index (κ3) is 2.90. The van der Waals surface area contributed by atoms with Gasteiger partial charge in [0.15, 0.2) is 9.84 Å². The number of aromatic nitrogens is 2. The Hall–Kier alpha value is -2.14. The average molecular weight is 314 g/mol. The molecule has 22 heavy (non-hydrogen) atoms. The molecule has 0 saturated heterocycles. The third-order valence-electron chi connectivity index (χ3n) is 3.63. The molecule has 0 amide bonds. The van der Waals surface area contributed by atoms with E-state index in [0.717, 1.165) is 35.5 Å². The molecule has 0 aliphatic heterocycles. The van der Waals surface area contributed by atoms with Crippen LogP contribution in [0.25, 0.3) is 17.0 Å². The summed E-state index contributed by atoms with van der Waals surface area (Å²) < 4.78 is 25.0. The van der Waals surface area contributed by atoms with Gasteiger partial charge in [0, 0.05) is 11.8 Å². The van der Waals surface area contributed by atoms with E-state index in [2.05, 4.69) is 23.3 Å². The van der Waals surface area contributed by atoms with Gasteiger partial charge in [-0.15, -0.1) is 0 Å². The van der Waals surface area contributed by atoms with Crippen LogP contribution in [-0.4, -0.2) is 24.5 Å². The summed E-state index contributed by atoms with van der Waals surface area (Å²) >= 11 is 0. The molecule has 0 fully saturated rings. The molecule has 1 heterocycles. The SMILES string of the molecule is Cc1cc(-c2ccc(S(C)(=O)=O)cc2)n(C2=CCCC=C2)n1. The predicted octanol–water partition coefficient (Wildman–Crippen LogP) is 3.45. The highest BCUT2D eigenvalue weighted by molar-refractivity contribution is 7.90. The smallest absolute Gasteiger partial charge is 0.175 e. The van der Waals surface area contributed by atoms with Gasteiger partial charge in [-0.1, -0.05) is 24.3 Å². The second kappa shape index (κ2) is 5.57. The molecule has 0 atom stereocenters. The van der Waals surface area contributed by atoms with Gasteiger partial charge >= 0.3 is 0 Å². The molecule has 1 aliphatic rings. The number of nitrogens with zero attached hydrogens (tertiary/aromatic N) is 2. The highest BCUT2D eigenvalue weighted by Crippen LogP contribution is 2.26. The second-order valence-corrected chi connectivity index (χ2v) is 7.50. The largest absolute Gasteiger partial charge is 0.233 e. The van der Waals surface area contributed by atoms with Crippen LogP contribution in [0.2, 0.25) is 0 Å². The lowest BCUT2D eigenvalue weighted by Crippen LogP contribution is -2.02. The maximum Gasteiger partial charge on any atom is 0.175 e. The third-order valence-corrected chi connectivity index (χ3v) is 4.76. The standard InChI is InChI=1S/C17H18N2O2S/c1-13-12-17(19(18-13)15-6-4-3-5-7-15)14-8-10-16(11-9-14)22(2,20)21/h4,6-12H,3,5H2,1-2H3. The number of sulfone groups is 1. The van der Waals surface area contributed by atoms with Crippen molar-refractivity contribution in [2.75, 3.05) is 6.26 Å². The molecule has 0 radical (unpaired) electrons. The molecule has 1 aromatic carbocycles. The van der Waals surface area contributed by atoms with E-state index < -0.39 is 9.84 Å². The van der Waals surface area contributed by atoms with Gasteiger partial charge in [0.25, 0.3) is 0 Å². The lowest BCUT2D eigenvalue weighted by atomic mass is 10.1. The van der Waals surface area contributed by atoms with Crippen molar-refractivity contribution in [3.8, 4) is 11.3 Å². The van der Waals surface area contributed by atoms with Crippen LogP contribution >= 0.6 is 0 Å². The molecule has 0 spiro atoms. The summed E-state index contributed by atoms with van der Waals surface area (Å²) in [6, 6.07) is 8.95. The molecule has 1 aliphatic carbocycles. The second-order valence-electron chi connectivity index (χ2n) is 5.49. The highest BCUT2D eigenvalue weighted by atomic mass is 32.2. The van der Waals surface area contributed by atoms with E-state index in [4.69, 9.17) is 0 Å². The van der Waals surface area contributed by atoms with Gasteiger partial charge in [0.1, 0.15) is 0 Å². The number of benzene rings is 1. The summed E-state index contributed by atoms with van der Waals surface area (Å²) in [5.74, 6) is 0. The minimum Gasteiger partial charge on any atom is -0.233 e. The lowest BCUT2D eigenvalue weighted by molar-refractivity contribution is 0.602. The molecular formula is C17H18N2O2S. The Kier molecular flexibility index (Phi) is 3.74. The topological polar surface area (TPSA) is 52.0 Å². The van der Waals surface area contributed by atoms with Crippen molar-refractivity contribution in [3.05, 3.63) is 54.3 Å². The van der Waals surface area contributed by atoms with Crippen LogP contribution < -0.4 is 0 Å². The van der Waals surface area contributed by atoms with Crippen molar-refractivity contribution < 1.29 is 8.42 Å².